The van der Waals surface area contributed by atoms with Gasteiger partial charge in [-0.05, 0) is 51.6 Å². The Bertz CT molecular complexity index is 291. The highest BCUT2D eigenvalue weighted by Crippen LogP contribution is 2.37. The second-order valence-corrected chi connectivity index (χ2v) is 6.36. The molecule has 3 nitrogen and oxygen atoms in total. The Morgan fingerprint density at radius 3 is 2.39 bits per heavy atom. The van der Waals surface area contributed by atoms with Crippen molar-refractivity contribution in [3.05, 3.63) is 0 Å². The first-order valence-electron chi connectivity index (χ1n) is 7.55. The number of aliphatic carboxylic acids is 1. The smallest absolute Gasteiger partial charge is 0.309 e. The van der Waals surface area contributed by atoms with Crippen molar-refractivity contribution in [3.8, 4) is 0 Å². The zero-order valence-electron chi connectivity index (χ0n) is 11.8. The van der Waals surface area contributed by atoms with Crippen LogP contribution < -0.4 is 0 Å². The van der Waals surface area contributed by atoms with Gasteiger partial charge in [0.1, 0.15) is 0 Å². The van der Waals surface area contributed by atoms with E-state index in [-0.39, 0.29) is 0 Å². The molecule has 2 fully saturated rings. The van der Waals surface area contributed by atoms with Crippen molar-refractivity contribution in [2.45, 2.75) is 64.8 Å². The summed E-state index contributed by atoms with van der Waals surface area (Å²) in [7, 11) is 0. The maximum atomic E-state index is 11.4. The first-order valence-corrected chi connectivity index (χ1v) is 7.55. The van der Waals surface area contributed by atoms with Gasteiger partial charge >= 0.3 is 5.97 Å². The van der Waals surface area contributed by atoms with Crippen LogP contribution >= 0.6 is 0 Å². The lowest BCUT2D eigenvalue weighted by molar-refractivity contribution is -0.152. The average Bonchev–Trinajstić information content (AvgIpc) is 2.33. The van der Waals surface area contributed by atoms with Crippen LogP contribution in [0.4, 0.5) is 0 Å². The molecule has 0 amide bonds. The molecule has 1 heterocycles. The zero-order chi connectivity index (χ0) is 13.2. The molecule has 1 aliphatic carbocycles. The Labute approximate surface area is 111 Å². The van der Waals surface area contributed by atoms with Crippen LogP contribution in [-0.4, -0.2) is 35.1 Å². The lowest BCUT2D eigenvalue weighted by Crippen LogP contribution is -2.47. The maximum absolute atomic E-state index is 11.4. The molecule has 0 aromatic heterocycles. The number of piperidine rings is 1. The number of hydrogen-bond donors (Lipinski definition) is 1. The third kappa shape index (κ3) is 2.71. The van der Waals surface area contributed by atoms with Crippen LogP contribution in [0.2, 0.25) is 0 Å². The van der Waals surface area contributed by atoms with Crippen LogP contribution in [0, 0.1) is 11.3 Å². The van der Waals surface area contributed by atoms with Gasteiger partial charge < -0.3 is 10.0 Å². The van der Waals surface area contributed by atoms with Crippen molar-refractivity contribution in [2.24, 2.45) is 11.3 Å². The number of carboxylic acids is 1. The van der Waals surface area contributed by atoms with E-state index in [1.165, 1.54) is 25.7 Å². The van der Waals surface area contributed by atoms with Crippen LogP contribution in [0.5, 0.6) is 0 Å². The summed E-state index contributed by atoms with van der Waals surface area (Å²) >= 11 is 0. The average molecular weight is 253 g/mol. The van der Waals surface area contributed by atoms with E-state index in [2.05, 4.69) is 11.8 Å². The van der Waals surface area contributed by atoms with Gasteiger partial charge in [0.25, 0.3) is 0 Å². The fourth-order valence-electron chi connectivity index (χ4n) is 3.47. The molecule has 0 spiro atoms. The van der Waals surface area contributed by atoms with Crippen molar-refractivity contribution in [1.29, 1.82) is 0 Å². The fourth-order valence-corrected chi connectivity index (χ4v) is 3.47. The molecule has 0 aromatic rings. The van der Waals surface area contributed by atoms with Gasteiger partial charge in [-0.3, -0.25) is 4.79 Å². The van der Waals surface area contributed by atoms with Crippen LogP contribution in [0.1, 0.15) is 58.8 Å². The van der Waals surface area contributed by atoms with Crippen molar-refractivity contribution < 1.29 is 9.90 Å². The summed E-state index contributed by atoms with van der Waals surface area (Å²) in [6.45, 7) is 6.27. The van der Waals surface area contributed by atoms with Gasteiger partial charge in [-0.15, -0.1) is 0 Å². The summed E-state index contributed by atoms with van der Waals surface area (Å²) in [6.07, 6.45) is 7.97. The van der Waals surface area contributed by atoms with E-state index < -0.39 is 11.4 Å². The molecule has 1 saturated carbocycles. The molecule has 104 valence electrons. The van der Waals surface area contributed by atoms with E-state index in [9.17, 15) is 9.90 Å². The lowest BCUT2D eigenvalue weighted by atomic mass is 9.75. The predicted octanol–water partition coefficient (Wildman–Crippen LogP) is 3.14. The van der Waals surface area contributed by atoms with Gasteiger partial charge in [0, 0.05) is 6.04 Å². The van der Waals surface area contributed by atoms with E-state index >= 15 is 0 Å². The Balaban J connectivity index is 1.83. The van der Waals surface area contributed by atoms with Gasteiger partial charge in [-0.2, -0.15) is 0 Å². The third-order valence-corrected chi connectivity index (χ3v) is 5.41. The Morgan fingerprint density at radius 2 is 2.00 bits per heavy atom. The lowest BCUT2D eigenvalue weighted by Gasteiger charge is -2.42. The number of hydrogen-bond acceptors (Lipinski definition) is 2. The Kier molecular flexibility index (Phi) is 4.31. The van der Waals surface area contributed by atoms with Crippen LogP contribution in [0.25, 0.3) is 0 Å². The van der Waals surface area contributed by atoms with E-state index in [4.69, 9.17) is 0 Å². The number of likely N-dealkylation sites (tertiary alicyclic amines) is 1. The molecule has 2 aliphatic rings. The summed E-state index contributed by atoms with van der Waals surface area (Å²) in [6, 6.07) is 0.638. The SMILES string of the molecule is CCC1(C(=O)O)CCN(C(C)CC2CCC2)CC1. The third-order valence-electron chi connectivity index (χ3n) is 5.41. The molecule has 1 saturated heterocycles. The molecule has 0 aromatic carbocycles. The summed E-state index contributed by atoms with van der Waals surface area (Å²) < 4.78 is 0. The summed E-state index contributed by atoms with van der Waals surface area (Å²) in [4.78, 5) is 13.9. The molecular formula is C15H27NO2. The molecule has 1 unspecified atom stereocenters. The minimum atomic E-state index is -0.587. The number of carbonyl (C=O) groups is 1. The highest BCUT2D eigenvalue weighted by atomic mass is 16.4. The number of rotatable bonds is 5. The van der Waals surface area contributed by atoms with Gasteiger partial charge in [0.15, 0.2) is 0 Å². The van der Waals surface area contributed by atoms with Crippen molar-refractivity contribution in [3.63, 3.8) is 0 Å². The molecule has 1 aliphatic heterocycles. The van der Waals surface area contributed by atoms with Crippen LogP contribution in [0.15, 0.2) is 0 Å². The predicted molar refractivity (Wildman–Crippen MR) is 72.6 cm³/mol. The zero-order valence-corrected chi connectivity index (χ0v) is 11.8. The van der Waals surface area contributed by atoms with E-state index in [1.807, 2.05) is 6.92 Å². The topological polar surface area (TPSA) is 40.5 Å². The first-order chi connectivity index (χ1) is 8.57. The molecule has 18 heavy (non-hydrogen) atoms. The van der Waals surface area contributed by atoms with Crippen molar-refractivity contribution >= 4 is 5.97 Å². The van der Waals surface area contributed by atoms with Crippen molar-refractivity contribution in [2.75, 3.05) is 13.1 Å². The van der Waals surface area contributed by atoms with Crippen LogP contribution in [-0.2, 0) is 4.79 Å². The van der Waals surface area contributed by atoms with Crippen molar-refractivity contribution in [1.82, 2.24) is 4.90 Å². The van der Waals surface area contributed by atoms with E-state index in [0.29, 0.717) is 6.04 Å². The Hall–Kier alpha value is -0.570. The van der Waals surface area contributed by atoms with E-state index in [1.54, 1.807) is 0 Å². The summed E-state index contributed by atoms with van der Waals surface area (Å²) in [5.41, 5.74) is -0.438. The standard InChI is InChI=1S/C15H27NO2/c1-3-15(14(17)18)7-9-16(10-8-15)12(2)11-13-5-4-6-13/h12-13H,3-11H2,1-2H3,(H,17,18). The second-order valence-electron chi connectivity index (χ2n) is 6.36. The summed E-state index contributed by atoms with van der Waals surface area (Å²) in [5, 5.41) is 9.39. The molecule has 0 radical (unpaired) electrons. The van der Waals surface area contributed by atoms with Gasteiger partial charge in [-0.1, -0.05) is 26.2 Å². The quantitative estimate of drug-likeness (QED) is 0.818. The molecular weight excluding hydrogens is 226 g/mol. The molecule has 3 heteroatoms. The molecule has 1 N–H and O–H groups in total. The fraction of sp³-hybridized carbons (Fsp3) is 0.933. The molecule has 0 bridgehead atoms. The molecule has 2 rings (SSSR count). The normalized spacial score (nSPS) is 26.6. The van der Waals surface area contributed by atoms with E-state index in [0.717, 1.165) is 38.3 Å². The second kappa shape index (κ2) is 5.60. The highest BCUT2D eigenvalue weighted by molar-refractivity contribution is 5.74. The Morgan fingerprint density at radius 1 is 1.39 bits per heavy atom. The van der Waals surface area contributed by atoms with Gasteiger partial charge in [-0.25, -0.2) is 0 Å². The van der Waals surface area contributed by atoms with Crippen LogP contribution in [0.3, 0.4) is 0 Å². The van der Waals surface area contributed by atoms with Gasteiger partial charge in [0.05, 0.1) is 5.41 Å². The minimum absolute atomic E-state index is 0.438. The largest absolute Gasteiger partial charge is 0.481 e. The monoisotopic (exact) mass is 253 g/mol. The highest BCUT2D eigenvalue weighted by Gasteiger charge is 2.40. The minimum Gasteiger partial charge on any atom is -0.481 e. The maximum Gasteiger partial charge on any atom is 0.309 e. The summed E-state index contributed by atoms with van der Waals surface area (Å²) in [5.74, 6) is 0.355. The molecule has 1 atom stereocenters. The number of carboxylic acid groups (broad SMARTS) is 1. The first kappa shape index (κ1) is 13.9. The number of nitrogens with zero attached hydrogens (tertiary/aromatic N) is 1. The van der Waals surface area contributed by atoms with Gasteiger partial charge in [0.2, 0.25) is 0 Å².